The molecule has 1 fully saturated rings. The van der Waals surface area contributed by atoms with Gasteiger partial charge in [-0.25, -0.2) is 4.98 Å². The van der Waals surface area contributed by atoms with Crippen molar-refractivity contribution in [2.24, 2.45) is 0 Å². The number of anilines is 1. The highest BCUT2D eigenvalue weighted by atomic mass is 16.7. The van der Waals surface area contributed by atoms with E-state index in [1.165, 1.54) is 5.56 Å². The summed E-state index contributed by atoms with van der Waals surface area (Å²) in [5, 5.41) is 18.6. The normalized spacial score (nSPS) is 16.3. The summed E-state index contributed by atoms with van der Waals surface area (Å²) in [5.74, 6) is 2.83. The molecule has 1 saturated heterocycles. The molecule has 2 aromatic heterocycles. The molecule has 0 bridgehead atoms. The summed E-state index contributed by atoms with van der Waals surface area (Å²) in [6, 6.07) is 15.7. The lowest BCUT2D eigenvalue weighted by molar-refractivity contribution is 0.170. The summed E-state index contributed by atoms with van der Waals surface area (Å²) in [6.07, 6.45) is 3.86. The second-order valence-corrected chi connectivity index (χ2v) is 8.95. The second kappa shape index (κ2) is 8.53. The Bertz CT molecular complexity index is 1340. The molecule has 0 amide bonds. The number of phenolic OH excluding ortho intramolecular Hbond substituents is 1. The first-order chi connectivity index (χ1) is 16.7. The van der Waals surface area contributed by atoms with Crippen LogP contribution in [0.25, 0.3) is 16.9 Å². The van der Waals surface area contributed by atoms with Crippen LogP contribution < -0.4 is 14.8 Å². The number of aromatic hydroxyl groups is 1. The van der Waals surface area contributed by atoms with Crippen molar-refractivity contribution >= 4 is 11.5 Å². The fourth-order valence-electron chi connectivity index (χ4n) is 4.80. The van der Waals surface area contributed by atoms with Crippen molar-refractivity contribution in [2.75, 3.05) is 25.2 Å². The molecule has 4 heterocycles. The molecular weight excluding hydrogens is 430 g/mol. The van der Waals surface area contributed by atoms with Gasteiger partial charge < -0.3 is 19.9 Å². The zero-order valence-electron chi connectivity index (χ0n) is 19.1. The second-order valence-electron chi connectivity index (χ2n) is 8.95. The van der Waals surface area contributed by atoms with Gasteiger partial charge in [-0.3, -0.25) is 4.90 Å². The van der Waals surface area contributed by atoms with Crippen molar-refractivity contribution in [1.29, 1.82) is 0 Å². The predicted octanol–water partition coefficient (Wildman–Crippen LogP) is 4.22. The summed E-state index contributed by atoms with van der Waals surface area (Å²) in [7, 11) is 0. The Morgan fingerprint density at radius 1 is 1.09 bits per heavy atom. The van der Waals surface area contributed by atoms with Crippen LogP contribution in [-0.4, -0.2) is 50.5 Å². The number of hydrogen-bond donors (Lipinski definition) is 2. The largest absolute Gasteiger partial charge is 0.507 e. The topological polar surface area (TPSA) is 84.2 Å². The van der Waals surface area contributed by atoms with Gasteiger partial charge in [0.1, 0.15) is 11.6 Å². The number of likely N-dealkylation sites (tertiary alicyclic amines) is 1. The SMILES string of the molecule is Cc1cnn2c(NC3CCN(Cc4cccc5c4OCO5)CC3)cc(-c3ccccc3O)nc12. The number of ether oxygens (including phenoxy) is 2. The molecule has 0 aliphatic carbocycles. The lowest BCUT2D eigenvalue weighted by Crippen LogP contribution is -2.39. The third-order valence-corrected chi connectivity index (χ3v) is 6.64. The molecule has 2 aromatic carbocycles. The van der Waals surface area contributed by atoms with Gasteiger partial charge in [-0.1, -0.05) is 24.3 Å². The molecular formula is C26H27N5O3. The van der Waals surface area contributed by atoms with Gasteiger partial charge in [0.25, 0.3) is 0 Å². The van der Waals surface area contributed by atoms with Gasteiger partial charge in [0.15, 0.2) is 17.1 Å². The molecule has 0 spiro atoms. The van der Waals surface area contributed by atoms with E-state index in [0.717, 1.165) is 66.7 Å². The standard InChI is InChI=1S/C26H27N5O3/c1-17-14-27-31-24(13-21(29-26(17)31)20-6-2-3-7-22(20)32)28-19-9-11-30(12-10-19)15-18-5-4-8-23-25(18)34-16-33-23/h2-8,13-14,19,28,32H,9-12,15-16H2,1H3. The number of piperidine rings is 1. The lowest BCUT2D eigenvalue weighted by atomic mass is 10.0. The van der Waals surface area contributed by atoms with Crippen molar-refractivity contribution in [2.45, 2.75) is 32.4 Å². The predicted molar refractivity (Wildman–Crippen MR) is 129 cm³/mol. The van der Waals surface area contributed by atoms with E-state index < -0.39 is 0 Å². The summed E-state index contributed by atoms with van der Waals surface area (Å²) < 4.78 is 13.1. The van der Waals surface area contributed by atoms with Crippen LogP contribution in [0.1, 0.15) is 24.0 Å². The molecule has 0 radical (unpaired) electrons. The van der Waals surface area contributed by atoms with E-state index in [4.69, 9.17) is 14.5 Å². The van der Waals surface area contributed by atoms with Crippen LogP contribution >= 0.6 is 0 Å². The minimum Gasteiger partial charge on any atom is -0.507 e. The molecule has 8 nitrogen and oxygen atoms in total. The fraction of sp³-hybridized carbons (Fsp3) is 0.308. The van der Waals surface area contributed by atoms with E-state index >= 15 is 0 Å². The Hall–Kier alpha value is -3.78. The molecule has 2 aliphatic rings. The van der Waals surface area contributed by atoms with Gasteiger partial charge in [-0.15, -0.1) is 0 Å². The average Bonchev–Trinajstić information content (AvgIpc) is 3.48. The Balaban J connectivity index is 1.19. The maximum Gasteiger partial charge on any atom is 0.231 e. The highest BCUT2D eigenvalue weighted by Gasteiger charge is 2.24. The van der Waals surface area contributed by atoms with Crippen LogP contribution in [0.5, 0.6) is 17.2 Å². The smallest absolute Gasteiger partial charge is 0.231 e. The number of aryl methyl sites for hydroxylation is 1. The molecule has 0 saturated carbocycles. The lowest BCUT2D eigenvalue weighted by Gasteiger charge is -2.33. The van der Waals surface area contributed by atoms with E-state index in [2.05, 4.69) is 21.4 Å². The third kappa shape index (κ3) is 3.80. The van der Waals surface area contributed by atoms with Gasteiger partial charge in [0, 0.05) is 48.4 Å². The Morgan fingerprint density at radius 3 is 2.79 bits per heavy atom. The number of fused-ring (bicyclic) bond motifs is 2. The molecule has 34 heavy (non-hydrogen) atoms. The van der Waals surface area contributed by atoms with Crippen LogP contribution in [0.4, 0.5) is 5.82 Å². The van der Waals surface area contributed by atoms with E-state index in [-0.39, 0.29) is 5.75 Å². The molecule has 8 heteroatoms. The van der Waals surface area contributed by atoms with E-state index in [1.54, 1.807) is 6.07 Å². The number of hydrogen-bond acceptors (Lipinski definition) is 7. The van der Waals surface area contributed by atoms with Crippen LogP contribution in [0.15, 0.2) is 54.7 Å². The number of para-hydroxylation sites is 2. The first-order valence-corrected chi connectivity index (χ1v) is 11.7. The molecule has 6 rings (SSSR count). The zero-order valence-corrected chi connectivity index (χ0v) is 19.1. The number of benzene rings is 2. The van der Waals surface area contributed by atoms with Gasteiger partial charge in [-0.05, 0) is 38.0 Å². The van der Waals surface area contributed by atoms with Crippen molar-refractivity contribution in [1.82, 2.24) is 19.5 Å². The van der Waals surface area contributed by atoms with E-state index in [9.17, 15) is 5.11 Å². The quantitative estimate of drug-likeness (QED) is 0.464. The van der Waals surface area contributed by atoms with Crippen molar-refractivity contribution in [3.8, 4) is 28.5 Å². The maximum atomic E-state index is 10.4. The number of nitrogens with zero attached hydrogens (tertiary/aromatic N) is 4. The molecule has 174 valence electrons. The summed E-state index contributed by atoms with van der Waals surface area (Å²) >= 11 is 0. The summed E-state index contributed by atoms with van der Waals surface area (Å²) in [4.78, 5) is 7.24. The highest BCUT2D eigenvalue weighted by molar-refractivity contribution is 5.72. The van der Waals surface area contributed by atoms with Crippen LogP contribution in [0.3, 0.4) is 0 Å². The van der Waals surface area contributed by atoms with Crippen LogP contribution in [-0.2, 0) is 6.54 Å². The molecule has 4 aromatic rings. The monoisotopic (exact) mass is 457 g/mol. The molecule has 2 aliphatic heterocycles. The number of aromatic nitrogens is 3. The zero-order chi connectivity index (χ0) is 23.1. The van der Waals surface area contributed by atoms with Gasteiger partial charge >= 0.3 is 0 Å². The minimum atomic E-state index is 0.220. The van der Waals surface area contributed by atoms with Crippen molar-refractivity contribution in [3.63, 3.8) is 0 Å². The molecule has 0 unspecified atom stereocenters. The Labute approximate surface area is 197 Å². The van der Waals surface area contributed by atoms with Crippen molar-refractivity contribution < 1.29 is 14.6 Å². The first-order valence-electron chi connectivity index (χ1n) is 11.7. The van der Waals surface area contributed by atoms with E-state index in [1.807, 2.05) is 54.0 Å². The van der Waals surface area contributed by atoms with Gasteiger partial charge in [0.2, 0.25) is 6.79 Å². The average molecular weight is 458 g/mol. The third-order valence-electron chi connectivity index (χ3n) is 6.64. The minimum absolute atomic E-state index is 0.220. The van der Waals surface area contributed by atoms with Crippen LogP contribution in [0.2, 0.25) is 0 Å². The van der Waals surface area contributed by atoms with Gasteiger partial charge in [-0.2, -0.15) is 9.61 Å². The maximum absolute atomic E-state index is 10.4. The number of phenols is 1. The van der Waals surface area contributed by atoms with Gasteiger partial charge in [0.05, 0.1) is 11.9 Å². The summed E-state index contributed by atoms with van der Waals surface area (Å²) in [6.45, 7) is 5.13. The molecule has 0 atom stereocenters. The summed E-state index contributed by atoms with van der Waals surface area (Å²) in [5.41, 5.74) is 4.41. The van der Waals surface area contributed by atoms with Crippen molar-refractivity contribution in [3.05, 3.63) is 65.9 Å². The Kier molecular flexibility index (Phi) is 5.22. The number of rotatable bonds is 5. The fourth-order valence-corrected chi connectivity index (χ4v) is 4.80. The first kappa shape index (κ1) is 20.8. The van der Waals surface area contributed by atoms with Crippen LogP contribution in [0, 0.1) is 6.92 Å². The Morgan fingerprint density at radius 2 is 1.94 bits per heavy atom. The number of nitrogens with one attached hydrogen (secondary N) is 1. The molecule has 2 N–H and O–H groups in total. The highest BCUT2D eigenvalue weighted by Crippen LogP contribution is 2.36. The van der Waals surface area contributed by atoms with E-state index in [0.29, 0.717) is 18.4 Å².